The van der Waals surface area contributed by atoms with Gasteiger partial charge in [-0.15, -0.1) is 0 Å². The van der Waals surface area contributed by atoms with Crippen molar-refractivity contribution >= 4 is 11.8 Å². The molecule has 2 amide bonds. The number of aliphatic hydroxyl groups is 1. The summed E-state index contributed by atoms with van der Waals surface area (Å²) in [6.07, 6.45) is 1.69. The Morgan fingerprint density at radius 3 is 2.47 bits per heavy atom. The molecule has 36 heavy (non-hydrogen) atoms. The summed E-state index contributed by atoms with van der Waals surface area (Å²) in [5.41, 5.74) is 0.798. The van der Waals surface area contributed by atoms with E-state index in [0.29, 0.717) is 31.2 Å². The minimum atomic E-state index is -1.17. The molecule has 0 aromatic heterocycles. The summed E-state index contributed by atoms with van der Waals surface area (Å²) >= 11 is 0. The number of imide groups is 1. The summed E-state index contributed by atoms with van der Waals surface area (Å²) in [5.74, 6) is 0.297. The van der Waals surface area contributed by atoms with E-state index in [-0.39, 0.29) is 6.42 Å². The summed E-state index contributed by atoms with van der Waals surface area (Å²) in [5, 5.41) is 15.0. The van der Waals surface area contributed by atoms with Gasteiger partial charge in [0.2, 0.25) is 5.91 Å². The first-order valence-corrected chi connectivity index (χ1v) is 12.7. The topological polar surface area (TPSA) is 90.9 Å². The van der Waals surface area contributed by atoms with E-state index in [4.69, 9.17) is 4.74 Å². The van der Waals surface area contributed by atoms with Crippen LogP contribution in [0.4, 0.5) is 4.39 Å². The number of likely N-dealkylation sites (tertiary alicyclic amines) is 1. The number of ether oxygens (including phenoxy) is 1. The first-order chi connectivity index (χ1) is 17.2. The Labute approximate surface area is 212 Å². The van der Waals surface area contributed by atoms with E-state index in [1.807, 2.05) is 36.4 Å². The average molecular weight is 498 g/mol. The third kappa shape index (κ3) is 7.12. The van der Waals surface area contributed by atoms with Crippen LogP contribution in [0.1, 0.15) is 43.5 Å². The molecule has 2 atom stereocenters. The number of amides is 2. The number of halogens is 1. The number of hydrogen-bond acceptors (Lipinski definition) is 6. The molecule has 2 aromatic rings. The highest BCUT2D eigenvalue weighted by Gasteiger charge is 2.29. The first kappa shape index (κ1) is 26.3. The van der Waals surface area contributed by atoms with E-state index < -0.39 is 29.6 Å². The monoisotopic (exact) mass is 497 g/mol. The van der Waals surface area contributed by atoms with Crippen LogP contribution in [0.2, 0.25) is 0 Å². The van der Waals surface area contributed by atoms with Gasteiger partial charge in [-0.1, -0.05) is 30.3 Å². The molecule has 2 aromatic carbocycles. The largest absolute Gasteiger partial charge is 0.493 e. The minimum absolute atomic E-state index is 0.289. The van der Waals surface area contributed by atoms with Crippen molar-refractivity contribution < 1.29 is 23.8 Å². The molecule has 7 nitrogen and oxygen atoms in total. The molecule has 2 aliphatic rings. The Morgan fingerprint density at radius 2 is 1.83 bits per heavy atom. The number of rotatable bonds is 8. The van der Waals surface area contributed by atoms with Crippen molar-refractivity contribution in [3.63, 3.8) is 0 Å². The van der Waals surface area contributed by atoms with Crippen molar-refractivity contribution in [3.8, 4) is 16.9 Å². The van der Waals surface area contributed by atoms with Crippen LogP contribution in [0.5, 0.6) is 5.75 Å². The van der Waals surface area contributed by atoms with Gasteiger partial charge < -0.3 is 20.1 Å². The third-order valence-corrected chi connectivity index (χ3v) is 6.79. The summed E-state index contributed by atoms with van der Waals surface area (Å²) < 4.78 is 19.9. The number of aliphatic hydroxyl groups excluding tert-OH is 1. The zero-order chi connectivity index (χ0) is 25.7. The average Bonchev–Trinajstić information content (AvgIpc) is 3.29. The standard InChI is InChI=1S/C28H36FN3O4/c1-28(2,29)18-32-13-11-19(12-14-32)17-36-22-9-7-20(8-10-22)23-5-3-4-6-24(23)26(34)31-27(35)25-15-21(33)16-30-25/h3-10,19,21,25,30,33H,11-18H2,1-2H3,(H,31,34,35)/t21-,25+/m1/s1. The molecule has 2 saturated heterocycles. The number of hydrogen-bond donors (Lipinski definition) is 3. The summed E-state index contributed by atoms with van der Waals surface area (Å²) in [4.78, 5) is 27.4. The second-order valence-corrected chi connectivity index (χ2v) is 10.5. The van der Waals surface area contributed by atoms with Gasteiger partial charge >= 0.3 is 0 Å². The predicted molar refractivity (Wildman–Crippen MR) is 137 cm³/mol. The van der Waals surface area contributed by atoms with Crippen molar-refractivity contribution in [2.45, 2.75) is 50.9 Å². The highest BCUT2D eigenvalue weighted by molar-refractivity contribution is 6.09. The van der Waals surface area contributed by atoms with Crippen molar-refractivity contribution in [3.05, 3.63) is 54.1 Å². The van der Waals surface area contributed by atoms with Gasteiger partial charge in [-0.05, 0) is 81.4 Å². The molecule has 0 radical (unpaired) electrons. The lowest BCUT2D eigenvalue weighted by Crippen LogP contribution is -2.43. The van der Waals surface area contributed by atoms with Crippen LogP contribution < -0.4 is 15.4 Å². The maximum Gasteiger partial charge on any atom is 0.258 e. The highest BCUT2D eigenvalue weighted by Crippen LogP contribution is 2.27. The van der Waals surface area contributed by atoms with Gasteiger partial charge in [0.05, 0.1) is 18.8 Å². The summed E-state index contributed by atoms with van der Waals surface area (Å²) in [6.45, 7) is 6.45. The molecule has 3 N–H and O–H groups in total. The Morgan fingerprint density at radius 1 is 1.14 bits per heavy atom. The molecule has 0 bridgehead atoms. The normalized spacial score (nSPS) is 21.3. The lowest BCUT2D eigenvalue weighted by atomic mass is 9.96. The predicted octanol–water partition coefficient (Wildman–Crippen LogP) is 3.17. The fourth-order valence-corrected chi connectivity index (χ4v) is 4.90. The van der Waals surface area contributed by atoms with Crippen LogP contribution in [-0.2, 0) is 4.79 Å². The van der Waals surface area contributed by atoms with Crippen LogP contribution in [0.3, 0.4) is 0 Å². The third-order valence-electron chi connectivity index (χ3n) is 6.79. The number of β-amino-alcohol motifs (C(OH)–C–C–N with tert-alkyl or cyclic N) is 1. The zero-order valence-corrected chi connectivity index (χ0v) is 21.0. The quantitative estimate of drug-likeness (QED) is 0.486. The van der Waals surface area contributed by atoms with Crippen LogP contribution in [0.25, 0.3) is 11.1 Å². The minimum Gasteiger partial charge on any atom is -0.493 e. The van der Waals surface area contributed by atoms with E-state index in [0.717, 1.165) is 42.8 Å². The summed E-state index contributed by atoms with van der Waals surface area (Å²) in [6, 6.07) is 14.2. The van der Waals surface area contributed by atoms with Crippen LogP contribution in [0, 0.1) is 5.92 Å². The molecule has 2 fully saturated rings. The van der Waals surface area contributed by atoms with Gasteiger partial charge in [0.1, 0.15) is 11.4 Å². The number of nitrogens with zero attached hydrogens (tertiary/aromatic N) is 1. The van der Waals surface area contributed by atoms with Gasteiger partial charge in [0, 0.05) is 18.7 Å². The molecule has 0 spiro atoms. The van der Waals surface area contributed by atoms with Gasteiger partial charge in [0.25, 0.3) is 5.91 Å². The molecule has 2 aliphatic heterocycles. The Bertz CT molecular complexity index is 1050. The lowest BCUT2D eigenvalue weighted by Gasteiger charge is -2.34. The van der Waals surface area contributed by atoms with Crippen molar-refractivity contribution in [1.29, 1.82) is 0 Å². The van der Waals surface area contributed by atoms with Gasteiger partial charge in [-0.2, -0.15) is 0 Å². The van der Waals surface area contributed by atoms with Crippen molar-refractivity contribution in [1.82, 2.24) is 15.5 Å². The Balaban J connectivity index is 1.32. The highest BCUT2D eigenvalue weighted by atomic mass is 19.1. The van der Waals surface area contributed by atoms with Crippen LogP contribution >= 0.6 is 0 Å². The molecular weight excluding hydrogens is 461 g/mol. The molecule has 0 aliphatic carbocycles. The maximum atomic E-state index is 13.9. The molecular formula is C28H36FN3O4. The van der Waals surface area contributed by atoms with Crippen molar-refractivity contribution in [2.75, 3.05) is 32.8 Å². The maximum absolute atomic E-state index is 13.9. The number of benzene rings is 2. The number of piperidine rings is 1. The molecule has 8 heteroatoms. The number of alkyl halides is 1. The Kier molecular flexibility index (Phi) is 8.39. The van der Waals surface area contributed by atoms with E-state index in [1.54, 1.807) is 26.0 Å². The van der Waals surface area contributed by atoms with E-state index >= 15 is 0 Å². The number of carbonyl (C=O) groups excluding carboxylic acids is 2. The first-order valence-electron chi connectivity index (χ1n) is 12.7. The second kappa shape index (κ2) is 11.5. The molecule has 0 saturated carbocycles. The van der Waals surface area contributed by atoms with E-state index in [1.165, 1.54) is 0 Å². The van der Waals surface area contributed by atoms with Crippen LogP contribution in [0.15, 0.2) is 48.5 Å². The van der Waals surface area contributed by atoms with Gasteiger partial charge in [0.15, 0.2) is 0 Å². The molecule has 4 rings (SSSR count). The Hall–Kier alpha value is -2.81. The van der Waals surface area contributed by atoms with Crippen LogP contribution in [-0.4, -0.2) is 72.4 Å². The van der Waals surface area contributed by atoms with E-state index in [2.05, 4.69) is 15.5 Å². The molecule has 2 heterocycles. The smallest absolute Gasteiger partial charge is 0.258 e. The van der Waals surface area contributed by atoms with Gasteiger partial charge in [-0.3, -0.25) is 14.9 Å². The van der Waals surface area contributed by atoms with Crippen molar-refractivity contribution in [2.24, 2.45) is 5.92 Å². The second-order valence-electron chi connectivity index (χ2n) is 10.5. The fraction of sp³-hybridized carbons (Fsp3) is 0.500. The molecule has 0 unspecified atom stereocenters. The fourth-order valence-electron chi connectivity index (χ4n) is 4.90. The number of carbonyl (C=O) groups is 2. The van der Waals surface area contributed by atoms with E-state index in [9.17, 15) is 19.1 Å². The lowest BCUT2D eigenvalue weighted by molar-refractivity contribution is -0.121. The molecule has 194 valence electrons. The van der Waals surface area contributed by atoms with Gasteiger partial charge in [-0.25, -0.2) is 4.39 Å². The SMILES string of the molecule is CC(C)(F)CN1CCC(COc2ccc(-c3ccccc3C(=O)NC(=O)[C@@H]3C[C@@H](O)CN3)cc2)CC1. The zero-order valence-electron chi connectivity index (χ0n) is 21.0. The number of nitrogens with one attached hydrogen (secondary N) is 2. The summed E-state index contributed by atoms with van der Waals surface area (Å²) in [7, 11) is 0.